The smallest absolute Gasteiger partial charge is 0.275 e. The van der Waals surface area contributed by atoms with E-state index in [9.17, 15) is 4.79 Å². The number of benzene rings is 1. The van der Waals surface area contributed by atoms with E-state index in [0.29, 0.717) is 17.2 Å². The number of carbonyl (C=O) groups is 1. The molecular weight excluding hydrogens is 240 g/mol. The number of rotatable bonds is 4. The van der Waals surface area contributed by atoms with Crippen molar-refractivity contribution < 1.29 is 9.53 Å². The van der Waals surface area contributed by atoms with Crippen LogP contribution >= 0.6 is 0 Å². The van der Waals surface area contributed by atoms with Gasteiger partial charge >= 0.3 is 0 Å². The van der Waals surface area contributed by atoms with Crippen LogP contribution in [0.15, 0.2) is 41.5 Å². The predicted octanol–water partition coefficient (Wildman–Crippen LogP) is 2.77. The topological polar surface area (TPSA) is 50.7 Å². The van der Waals surface area contributed by atoms with E-state index in [1.165, 1.54) is 0 Å². The van der Waals surface area contributed by atoms with Crippen molar-refractivity contribution in [1.29, 1.82) is 0 Å². The molecule has 1 N–H and O–H groups in total. The molecule has 4 nitrogen and oxygen atoms in total. The van der Waals surface area contributed by atoms with Crippen molar-refractivity contribution >= 4 is 12.1 Å². The first-order chi connectivity index (χ1) is 9.31. The van der Waals surface area contributed by atoms with Crippen molar-refractivity contribution in [1.82, 2.24) is 5.43 Å². The Bertz CT molecular complexity index is 495. The second kappa shape index (κ2) is 6.73. The highest BCUT2D eigenvalue weighted by molar-refractivity contribution is 5.97. The summed E-state index contributed by atoms with van der Waals surface area (Å²) in [5.41, 5.74) is 3.04. The molecule has 0 heterocycles. The second-order valence-corrected chi connectivity index (χ2v) is 4.46. The van der Waals surface area contributed by atoms with Crippen LogP contribution in [-0.2, 0) is 0 Å². The number of nitrogens with zero attached hydrogens (tertiary/aromatic N) is 1. The summed E-state index contributed by atoms with van der Waals surface area (Å²) in [4.78, 5) is 11.9. The Kier molecular flexibility index (Phi) is 4.72. The van der Waals surface area contributed by atoms with E-state index in [4.69, 9.17) is 4.74 Å². The molecule has 2 rings (SSSR count). The van der Waals surface area contributed by atoms with Crippen molar-refractivity contribution in [3.05, 3.63) is 42.0 Å². The highest BCUT2D eigenvalue weighted by Gasteiger charge is 2.11. The normalized spacial score (nSPS) is 18.5. The summed E-state index contributed by atoms with van der Waals surface area (Å²) in [5, 5.41) is 4.03. The van der Waals surface area contributed by atoms with Gasteiger partial charge in [0.15, 0.2) is 0 Å². The molecule has 0 radical (unpaired) electrons. The number of amides is 1. The van der Waals surface area contributed by atoms with E-state index in [-0.39, 0.29) is 5.91 Å². The van der Waals surface area contributed by atoms with Crippen LogP contribution in [0.4, 0.5) is 0 Å². The number of hydrogen-bond donors (Lipinski definition) is 1. The average Bonchev–Trinajstić information content (AvgIpc) is 2.48. The molecule has 100 valence electrons. The van der Waals surface area contributed by atoms with E-state index in [0.717, 1.165) is 19.3 Å². The average molecular weight is 258 g/mol. The molecule has 0 saturated heterocycles. The van der Waals surface area contributed by atoms with Crippen molar-refractivity contribution in [2.45, 2.75) is 19.3 Å². The first-order valence-electron chi connectivity index (χ1n) is 6.43. The van der Waals surface area contributed by atoms with Crippen molar-refractivity contribution in [3.8, 4) is 5.75 Å². The maximum Gasteiger partial charge on any atom is 0.275 e. The van der Waals surface area contributed by atoms with Gasteiger partial charge in [-0.25, -0.2) is 5.43 Å². The first kappa shape index (κ1) is 13.3. The fraction of sp³-hybridized carbons (Fsp3) is 0.333. The number of nitrogens with one attached hydrogen (secondary N) is 1. The summed E-state index contributed by atoms with van der Waals surface area (Å²) < 4.78 is 5.14. The Hall–Kier alpha value is -2.10. The minimum absolute atomic E-state index is 0.250. The van der Waals surface area contributed by atoms with Crippen LogP contribution < -0.4 is 10.2 Å². The van der Waals surface area contributed by atoms with Crippen LogP contribution in [0.3, 0.4) is 0 Å². The third-order valence-corrected chi connectivity index (χ3v) is 3.11. The Balaban J connectivity index is 1.93. The fourth-order valence-corrected chi connectivity index (χ4v) is 2.05. The number of methoxy groups -OCH3 is 1. The van der Waals surface area contributed by atoms with Crippen molar-refractivity contribution in [2.75, 3.05) is 7.11 Å². The third kappa shape index (κ3) is 3.68. The third-order valence-electron chi connectivity index (χ3n) is 3.11. The molecule has 0 bridgehead atoms. The number of hydrazone groups is 1. The number of hydrogen-bond acceptors (Lipinski definition) is 3. The van der Waals surface area contributed by atoms with Gasteiger partial charge in [-0.2, -0.15) is 5.10 Å². The largest absolute Gasteiger partial charge is 0.496 e. The van der Waals surface area contributed by atoms with Gasteiger partial charge in [0, 0.05) is 6.21 Å². The molecule has 1 atom stereocenters. The zero-order chi connectivity index (χ0) is 13.5. The zero-order valence-corrected chi connectivity index (χ0v) is 11.0. The van der Waals surface area contributed by atoms with E-state index >= 15 is 0 Å². The molecule has 0 aliphatic heterocycles. The predicted molar refractivity (Wildman–Crippen MR) is 75.4 cm³/mol. The highest BCUT2D eigenvalue weighted by atomic mass is 16.5. The maximum absolute atomic E-state index is 11.9. The summed E-state index contributed by atoms with van der Waals surface area (Å²) in [6.07, 6.45) is 9.31. The number of para-hydroxylation sites is 1. The standard InChI is InChI=1S/C15H18N2O2/c1-19-14-10-6-5-9-13(14)15(18)17-16-11-12-7-3-2-4-8-12/h2-3,5-6,9-12H,4,7-8H2,1H3,(H,17,18). The summed E-state index contributed by atoms with van der Waals surface area (Å²) in [7, 11) is 1.55. The molecule has 0 aromatic heterocycles. The quantitative estimate of drug-likeness (QED) is 0.513. The highest BCUT2D eigenvalue weighted by Crippen LogP contribution is 2.17. The fourth-order valence-electron chi connectivity index (χ4n) is 2.05. The first-order valence-corrected chi connectivity index (χ1v) is 6.43. The minimum atomic E-state index is -0.250. The Morgan fingerprint density at radius 2 is 2.26 bits per heavy atom. The van der Waals surface area contributed by atoms with Crippen LogP contribution in [0.25, 0.3) is 0 Å². The second-order valence-electron chi connectivity index (χ2n) is 4.46. The van der Waals surface area contributed by atoms with Gasteiger partial charge in [-0.1, -0.05) is 24.3 Å². The molecule has 1 aliphatic rings. The molecule has 1 unspecified atom stereocenters. The number of allylic oxidation sites excluding steroid dienone is 2. The summed E-state index contributed by atoms with van der Waals surface area (Å²) in [6.45, 7) is 0. The van der Waals surface area contributed by atoms with E-state index < -0.39 is 0 Å². The molecule has 1 aromatic rings. The molecule has 0 saturated carbocycles. The van der Waals surface area contributed by atoms with Gasteiger partial charge in [-0.3, -0.25) is 4.79 Å². The van der Waals surface area contributed by atoms with Crippen LogP contribution in [0.5, 0.6) is 5.75 Å². The van der Waals surface area contributed by atoms with E-state index in [1.807, 2.05) is 12.3 Å². The van der Waals surface area contributed by atoms with Gasteiger partial charge in [0.05, 0.1) is 12.7 Å². The molecule has 0 spiro atoms. The van der Waals surface area contributed by atoms with E-state index in [1.54, 1.807) is 25.3 Å². The lowest BCUT2D eigenvalue weighted by molar-refractivity contribution is 0.0952. The van der Waals surface area contributed by atoms with Gasteiger partial charge in [0.1, 0.15) is 5.75 Å². The SMILES string of the molecule is COc1ccccc1C(=O)NN=CC1CC=CCC1. The van der Waals surface area contributed by atoms with Gasteiger partial charge < -0.3 is 4.74 Å². The van der Waals surface area contributed by atoms with Crippen LogP contribution in [0.2, 0.25) is 0 Å². The van der Waals surface area contributed by atoms with Crippen LogP contribution in [0, 0.1) is 5.92 Å². The summed E-state index contributed by atoms with van der Waals surface area (Å²) in [6, 6.07) is 7.10. The molecule has 1 aromatic carbocycles. The van der Waals surface area contributed by atoms with E-state index in [2.05, 4.69) is 22.7 Å². The van der Waals surface area contributed by atoms with Gasteiger partial charge in [0.2, 0.25) is 0 Å². The summed E-state index contributed by atoms with van der Waals surface area (Å²) in [5.74, 6) is 0.721. The minimum Gasteiger partial charge on any atom is -0.496 e. The molecule has 1 aliphatic carbocycles. The molecule has 1 amide bonds. The lowest BCUT2D eigenvalue weighted by Gasteiger charge is -2.12. The van der Waals surface area contributed by atoms with Crippen molar-refractivity contribution in [3.63, 3.8) is 0 Å². The zero-order valence-electron chi connectivity index (χ0n) is 11.0. The van der Waals surface area contributed by atoms with Crippen molar-refractivity contribution in [2.24, 2.45) is 11.0 Å². The molecule has 19 heavy (non-hydrogen) atoms. The Morgan fingerprint density at radius 3 is 3.00 bits per heavy atom. The van der Waals surface area contributed by atoms with Crippen LogP contribution in [0.1, 0.15) is 29.6 Å². The maximum atomic E-state index is 11.9. The van der Waals surface area contributed by atoms with Gasteiger partial charge in [-0.15, -0.1) is 0 Å². The Labute approximate surface area is 113 Å². The van der Waals surface area contributed by atoms with Gasteiger partial charge in [-0.05, 0) is 37.3 Å². The molecule has 0 fully saturated rings. The molecular formula is C15H18N2O2. The monoisotopic (exact) mass is 258 g/mol. The summed E-state index contributed by atoms with van der Waals surface area (Å²) >= 11 is 0. The lowest BCUT2D eigenvalue weighted by atomic mass is 9.96. The van der Waals surface area contributed by atoms with Crippen LogP contribution in [-0.4, -0.2) is 19.2 Å². The number of carbonyl (C=O) groups excluding carboxylic acids is 1. The van der Waals surface area contributed by atoms with Gasteiger partial charge in [0.25, 0.3) is 5.91 Å². The number of ether oxygens (including phenoxy) is 1. The molecule has 4 heteroatoms. The lowest BCUT2D eigenvalue weighted by Crippen LogP contribution is -2.19. The Morgan fingerprint density at radius 1 is 1.42 bits per heavy atom.